The average Bonchev–Trinajstić information content (AvgIpc) is 3.03. The highest BCUT2D eigenvalue weighted by molar-refractivity contribution is 5.88. The van der Waals surface area contributed by atoms with E-state index in [9.17, 15) is 9.59 Å². The Morgan fingerprint density at radius 2 is 1.81 bits per heavy atom. The Bertz CT molecular complexity index is 829. The standard InChI is InChI=1S/C23H27NO3/c1-15(2)20-11-10-16(3)12-21(20)27-23(26)19-13-22(25)24(14-19)17(4)18-8-6-5-7-9-18/h5-12,15,17,19H,13-14H2,1-4H3/t17-,19+/m0/s1. The van der Waals surface area contributed by atoms with Gasteiger partial charge in [-0.15, -0.1) is 0 Å². The first kappa shape index (κ1) is 19.2. The van der Waals surface area contributed by atoms with Crippen LogP contribution in [0.3, 0.4) is 0 Å². The molecule has 1 heterocycles. The summed E-state index contributed by atoms with van der Waals surface area (Å²) in [5.41, 5.74) is 3.12. The Labute approximate surface area is 161 Å². The summed E-state index contributed by atoms with van der Waals surface area (Å²) in [6, 6.07) is 15.8. The van der Waals surface area contributed by atoms with Gasteiger partial charge in [0.1, 0.15) is 5.75 Å². The molecule has 1 aliphatic rings. The maximum absolute atomic E-state index is 12.7. The summed E-state index contributed by atoms with van der Waals surface area (Å²) in [6.07, 6.45) is 0.207. The van der Waals surface area contributed by atoms with Gasteiger partial charge in [-0.1, -0.05) is 56.3 Å². The van der Waals surface area contributed by atoms with Crippen LogP contribution in [0, 0.1) is 12.8 Å². The van der Waals surface area contributed by atoms with Crippen molar-refractivity contribution in [2.75, 3.05) is 6.54 Å². The summed E-state index contributed by atoms with van der Waals surface area (Å²) in [7, 11) is 0. The number of carbonyl (C=O) groups is 2. The molecule has 0 saturated carbocycles. The minimum absolute atomic E-state index is 0.00151. The molecule has 2 atom stereocenters. The van der Waals surface area contributed by atoms with Crippen LogP contribution in [0.5, 0.6) is 5.75 Å². The van der Waals surface area contributed by atoms with Crippen LogP contribution in [0.25, 0.3) is 0 Å². The van der Waals surface area contributed by atoms with Crippen molar-refractivity contribution in [2.45, 2.75) is 46.1 Å². The summed E-state index contributed by atoms with van der Waals surface area (Å²) in [4.78, 5) is 27.0. The minimum atomic E-state index is -0.427. The van der Waals surface area contributed by atoms with Gasteiger partial charge < -0.3 is 9.64 Å². The van der Waals surface area contributed by atoms with Crippen molar-refractivity contribution in [3.05, 3.63) is 65.2 Å². The van der Waals surface area contributed by atoms with Crippen LogP contribution in [0.2, 0.25) is 0 Å². The topological polar surface area (TPSA) is 46.6 Å². The van der Waals surface area contributed by atoms with Gasteiger partial charge in [0.25, 0.3) is 0 Å². The van der Waals surface area contributed by atoms with Crippen LogP contribution in [-0.2, 0) is 9.59 Å². The number of carbonyl (C=O) groups excluding carboxylic acids is 2. The van der Waals surface area contributed by atoms with Crippen LogP contribution in [0.1, 0.15) is 55.8 Å². The zero-order chi connectivity index (χ0) is 19.6. The van der Waals surface area contributed by atoms with Crippen molar-refractivity contribution >= 4 is 11.9 Å². The lowest BCUT2D eigenvalue weighted by Crippen LogP contribution is -2.30. The minimum Gasteiger partial charge on any atom is -0.426 e. The van der Waals surface area contributed by atoms with Gasteiger partial charge >= 0.3 is 5.97 Å². The number of ether oxygens (including phenoxy) is 1. The fourth-order valence-corrected chi connectivity index (χ4v) is 3.57. The molecule has 2 aromatic carbocycles. The molecule has 1 aliphatic heterocycles. The molecule has 4 heteroatoms. The zero-order valence-corrected chi connectivity index (χ0v) is 16.4. The predicted octanol–water partition coefficient (Wildman–Crippen LogP) is 4.63. The summed E-state index contributed by atoms with van der Waals surface area (Å²) < 4.78 is 5.74. The summed E-state index contributed by atoms with van der Waals surface area (Å²) >= 11 is 0. The van der Waals surface area contributed by atoms with Crippen molar-refractivity contribution in [3.8, 4) is 5.75 Å². The first-order valence-corrected chi connectivity index (χ1v) is 9.53. The molecule has 0 aromatic heterocycles. The SMILES string of the molecule is Cc1ccc(C(C)C)c(OC(=O)[C@@H]2CC(=O)N([C@@H](C)c3ccccc3)C2)c1. The van der Waals surface area contributed by atoms with E-state index in [1.165, 1.54) is 0 Å². The van der Waals surface area contributed by atoms with E-state index >= 15 is 0 Å². The van der Waals surface area contributed by atoms with E-state index < -0.39 is 5.92 Å². The molecular weight excluding hydrogens is 338 g/mol. The van der Waals surface area contributed by atoms with Gasteiger partial charge in [0, 0.05) is 13.0 Å². The van der Waals surface area contributed by atoms with Gasteiger partial charge in [0.2, 0.25) is 5.91 Å². The van der Waals surface area contributed by atoms with E-state index in [-0.39, 0.29) is 30.3 Å². The fourth-order valence-electron chi connectivity index (χ4n) is 3.57. The Hall–Kier alpha value is -2.62. The second-order valence-electron chi connectivity index (χ2n) is 7.65. The number of amides is 1. The molecule has 3 rings (SSSR count). The van der Waals surface area contributed by atoms with E-state index in [1.54, 1.807) is 4.90 Å². The van der Waals surface area contributed by atoms with Gasteiger partial charge in [-0.2, -0.15) is 0 Å². The van der Waals surface area contributed by atoms with Crippen molar-refractivity contribution in [2.24, 2.45) is 5.92 Å². The Balaban J connectivity index is 1.72. The molecule has 0 N–H and O–H groups in total. The monoisotopic (exact) mass is 365 g/mol. The molecule has 1 amide bonds. The lowest BCUT2D eigenvalue weighted by molar-refractivity contribution is -0.139. The molecular formula is C23H27NO3. The summed E-state index contributed by atoms with van der Waals surface area (Å²) in [5, 5.41) is 0. The zero-order valence-electron chi connectivity index (χ0n) is 16.4. The maximum atomic E-state index is 12.7. The summed E-state index contributed by atoms with van der Waals surface area (Å²) in [6.45, 7) is 8.52. The molecule has 0 spiro atoms. The quantitative estimate of drug-likeness (QED) is 0.573. The number of likely N-dealkylation sites (tertiary alicyclic amines) is 1. The molecule has 27 heavy (non-hydrogen) atoms. The third kappa shape index (κ3) is 4.21. The highest BCUT2D eigenvalue weighted by Crippen LogP contribution is 2.32. The molecule has 0 unspecified atom stereocenters. The molecule has 4 nitrogen and oxygen atoms in total. The fraction of sp³-hybridized carbons (Fsp3) is 0.391. The second-order valence-corrected chi connectivity index (χ2v) is 7.65. The largest absolute Gasteiger partial charge is 0.426 e. The first-order valence-electron chi connectivity index (χ1n) is 9.53. The normalized spacial score (nSPS) is 18.0. The van der Waals surface area contributed by atoms with Gasteiger partial charge in [-0.3, -0.25) is 9.59 Å². The van der Waals surface area contributed by atoms with Gasteiger partial charge in [0.05, 0.1) is 12.0 Å². The number of rotatable bonds is 5. The molecule has 142 valence electrons. The predicted molar refractivity (Wildman–Crippen MR) is 106 cm³/mol. The molecule has 0 bridgehead atoms. The number of esters is 1. The van der Waals surface area contributed by atoms with Crippen LogP contribution < -0.4 is 4.74 Å². The molecule has 1 saturated heterocycles. The smallest absolute Gasteiger partial charge is 0.316 e. The highest BCUT2D eigenvalue weighted by atomic mass is 16.5. The van der Waals surface area contributed by atoms with Crippen molar-refractivity contribution in [1.29, 1.82) is 0 Å². The second kappa shape index (κ2) is 7.95. The van der Waals surface area contributed by atoms with E-state index in [0.717, 1.165) is 16.7 Å². The molecule has 0 radical (unpaired) electrons. The third-order valence-corrected chi connectivity index (χ3v) is 5.24. The van der Waals surface area contributed by atoms with E-state index in [1.807, 2.05) is 62.4 Å². The molecule has 2 aromatic rings. The number of benzene rings is 2. The third-order valence-electron chi connectivity index (χ3n) is 5.24. The van der Waals surface area contributed by atoms with Crippen LogP contribution >= 0.6 is 0 Å². The Morgan fingerprint density at radius 1 is 1.11 bits per heavy atom. The molecule has 0 aliphatic carbocycles. The maximum Gasteiger partial charge on any atom is 0.316 e. The molecule has 1 fully saturated rings. The van der Waals surface area contributed by atoms with E-state index in [2.05, 4.69) is 13.8 Å². The number of hydrogen-bond donors (Lipinski definition) is 0. The van der Waals surface area contributed by atoms with Crippen molar-refractivity contribution in [3.63, 3.8) is 0 Å². The van der Waals surface area contributed by atoms with Crippen LogP contribution in [0.4, 0.5) is 0 Å². The van der Waals surface area contributed by atoms with Gasteiger partial charge in [-0.05, 0) is 42.5 Å². The van der Waals surface area contributed by atoms with Gasteiger partial charge in [-0.25, -0.2) is 0 Å². The van der Waals surface area contributed by atoms with E-state index in [4.69, 9.17) is 4.74 Å². The highest BCUT2D eigenvalue weighted by Gasteiger charge is 2.38. The van der Waals surface area contributed by atoms with Gasteiger partial charge in [0.15, 0.2) is 0 Å². The summed E-state index contributed by atoms with van der Waals surface area (Å²) in [5.74, 6) is 0.120. The van der Waals surface area contributed by atoms with Crippen molar-refractivity contribution in [1.82, 2.24) is 4.90 Å². The number of aryl methyl sites for hydroxylation is 1. The Kier molecular flexibility index (Phi) is 5.64. The Morgan fingerprint density at radius 3 is 2.48 bits per heavy atom. The number of hydrogen-bond acceptors (Lipinski definition) is 3. The van der Waals surface area contributed by atoms with Crippen molar-refractivity contribution < 1.29 is 14.3 Å². The van der Waals surface area contributed by atoms with Crippen LogP contribution in [0.15, 0.2) is 48.5 Å². The lowest BCUT2D eigenvalue weighted by Gasteiger charge is -2.25. The number of nitrogens with zero attached hydrogens (tertiary/aromatic N) is 1. The van der Waals surface area contributed by atoms with Crippen LogP contribution in [-0.4, -0.2) is 23.3 Å². The average molecular weight is 365 g/mol. The first-order chi connectivity index (χ1) is 12.9. The van der Waals surface area contributed by atoms with E-state index in [0.29, 0.717) is 12.3 Å². The lowest BCUT2D eigenvalue weighted by atomic mass is 10.0.